The van der Waals surface area contributed by atoms with Crippen molar-refractivity contribution in [1.29, 1.82) is 0 Å². The summed E-state index contributed by atoms with van der Waals surface area (Å²) in [5.41, 5.74) is 3.97. The van der Waals surface area contributed by atoms with E-state index >= 15 is 0 Å². The molecule has 3 aromatic heterocycles. The molecule has 6 nitrogen and oxygen atoms in total. The minimum Gasteiger partial charge on any atom is -0.361 e. The highest BCUT2D eigenvalue weighted by molar-refractivity contribution is 6.33. The maximum absolute atomic E-state index is 12.3. The summed E-state index contributed by atoms with van der Waals surface area (Å²) < 4.78 is 7.14. The first-order valence-corrected chi connectivity index (χ1v) is 10.8. The van der Waals surface area contributed by atoms with Gasteiger partial charge in [0.2, 0.25) is 0 Å². The molecular weight excluding hydrogens is 447 g/mol. The second-order valence-corrected chi connectivity index (χ2v) is 8.38. The van der Waals surface area contributed by atoms with E-state index in [4.69, 9.17) is 27.7 Å². The molecule has 0 bridgehead atoms. The van der Waals surface area contributed by atoms with Crippen LogP contribution in [0, 0.1) is 6.92 Å². The summed E-state index contributed by atoms with van der Waals surface area (Å²) in [5, 5.41) is 10.0. The molecular formula is C24H18Cl2N4O2. The first kappa shape index (κ1) is 20.5. The molecule has 8 heteroatoms. The number of pyridine rings is 1. The van der Waals surface area contributed by atoms with Gasteiger partial charge >= 0.3 is 0 Å². The number of rotatable bonds is 5. The number of fused-ring (bicyclic) bond motifs is 3. The lowest BCUT2D eigenvalue weighted by Crippen LogP contribution is -2.23. The van der Waals surface area contributed by atoms with Crippen LogP contribution < -0.4 is 5.32 Å². The molecule has 1 amide bonds. The van der Waals surface area contributed by atoms with Crippen LogP contribution in [-0.2, 0) is 13.1 Å². The zero-order valence-electron chi connectivity index (χ0n) is 17.1. The van der Waals surface area contributed by atoms with Crippen molar-refractivity contribution in [1.82, 2.24) is 20.0 Å². The molecule has 3 heterocycles. The van der Waals surface area contributed by atoms with E-state index in [1.165, 1.54) is 0 Å². The van der Waals surface area contributed by atoms with Crippen molar-refractivity contribution in [3.05, 3.63) is 93.6 Å². The molecule has 0 aliphatic carbocycles. The molecule has 0 aliphatic heterocycles. The number of aromatic nitrogens is 3. The Morgan fingerprint density at radius 3 is 2.72 bits per heavy atom. The lowest BCUT2D eigenvalue weighted by Gasteiger charge is -2.10. The zero-order chi connectivity index (χ0) is 22.2. The number of para-hydroxylation sites is 1. The number of hydrogen-bond donors (Lipinski definition) is 1. The van der Waals surface area contributed by atoms with Crippen molar-refractivity contribution < 1.29 is 9.32 Å². The molecule has 0 saturated carbocycles. The Morgan fingerprint density at radius 2 is 1.91 bits per heavy atom. The number of nitrogens with one attached hydrogen (secondary N) is 1. The van der Waals surface area contributed by atoms with Gasteiger partial charge in [-0.05, 0) is 42.8 Å². The molecule has 160 valence electrons. The molecule has 5 aromatic rings. The molecule has 0 atom stereocenters. The lowest BCUT2D eigenvalue weighted by atomic mass is 10.1. The summed E-state index contributed by atoms with van der Waals surface area (Å²) in [4.78, 5) is 16.9. The van der Waals surface area contributed by atoms with E-state index in [1.54, 1.807) is 19.1 Å². The molecule has 32 heavy (non-hydrogen) atoms. The van der Waals surface area contributed by atoms with Gasteiger partial charge in [-0.2, -0.15) is 0 Å². The van der Waals surface area contributed by atoms with E-state index in [1.807, 2.05) is 36.5 Å². The Hall–Kier alpha value is -3.35. The summed E-state index contributed by atoms with van der Waals surface area (Å²) in [6.45, 7) is 2.58. The fraction of sp³-hybridized carbons (Fsp3) is 0.125. The van der Waals surface area contributed by atoms with Crippen LogP contribution in [0.15, 0.2) is 65.3 Å². The van der Waals surface area contributed by atoms with Gasteiger partial charge in [0, 0.05) is 38.9 Å². The fourth-order valence-electron chi connectivity index (χ4n) is 3.83. The summed E-state index contributed by atoms with van der Waals surface area (Å²) in [5.74, 6) is 0.282. The normalized spacial score (nSPS) is 11.3. The highest BCUT2D eigenvalue weighted by Gasteiger charge is 2.15. The van der Waals surface area contributed by atoms with Crippen LogP contribution in [0.1, 0.15) is 27.5 Å². The molecule has 0 saturated heterocycles. The Bertz CT molecular complexity index is 1470. The number of amides is 1. The Morgan fingerprint density at radius 1 is 1.06 bits per heavy atom. The third kappa shape index (κ3) is 3.83. The van der Waals surface area contributed by atoms with Crippen molar-refractivity contribution in [2.24, 2.45) is 0 Å². The van der Waals surface area contributed by atoms with Crippen LogP contribution in [-0.4, -0.2) is 20.6 Å². The van der Waals surface area contributed by atoms with Crippen molar-refractivity contribution in [2.75, 3.05) is 0 Å². The summed E-state index contributed by atoms with van der Waals surface area (Å²) in [7, 11) is 0. The first-order valence-electron chi connectivity index (χ1n) is 10.0. The summed E-state index contributed by atoms with van der Waals surface area (Å²) in [6, 6.07) is 17.2. The van der Waals surface area contributed by atoms with E-state index in [-0.39, 0.29) is 18.1 Å². The summed E-state index contributed by atoms with van der Waals surface area (Å²) >= 11 is 12.6. The highest BCUT2D eigenvalue weighted by atomic mass is 35.5. The minimum atomic E-state index is -0.304. The summed E-state index contributed by atoms with van der Waals surface area (Å²) in [6.07, 6.45) is 1.83. The number of benzene rings is 2. The second-order valence-electron chi connectivity index (χ2n) is 7.54. The Labute approximate surface area is 193 Å². The van der Waals surface area contributed by atoms with E-state index in [0.717, 1.165) is 33.1 Å². The Kier molecular flexibility index (Phi) is 5.33. The quantitative estimate of drug-likeness (QED) is 0.358. The van der Waals surface area contributed by atoms with Gasteiger partial charge in [0.1, 0.15) is 5.76 Å². The van der Waals surface area contributed by atoms with E-state index in [2.05, 4.69) is 32.2 Å². The monoisotopic (exact) mass is 464 g/mol. The molecule has 5 rings (SSSR count). The molecule has 2 aromatic carbocycles. The number of nitrogens with zero attached hydrogens (tertiary/aromatic N) is 3. The number of carbonyl (C=O) groups excluding carboxylic acids is 1. The van der Waals surface area contributed by atoms with Gasteiger partial charge in [0.15, 0.2) is 5.69 Å². The molecule has 1 N–H and O–H groups in total. The van der Waals surface area contributed by atoms with Gasteiger partial charge in [-0.15, -0.1) is 0 Å². The van der Waals surface area contributed by atoms with Crippen LogP contribution in [0.5, 0.6) is 0 Å². The third-order valence-corrected chi connectivity index (χ3v) is 5.95. The SMILES string of the molecule is Cc1cc(C(=O)NCc2cc3c4ccccc4n(Cc4cc(Cl)ccc4Cl)c3cn2)no1. The number of carbonyl (C=O) groups is 1. The smallest absolute Gasteiger partial charge is 0.273 e. The van der Waals surface area contributed by atoms with Crippen molar-refractivity contribution in [3.63, 3.8) is 0 Å². The number of halogens is 2. The van der Waals surface area contributed by atoms with Gasteiger partial charge in [0.05, 0.1) is 24.0 Å². The predicted molar refractivity (Wildman–Crippen MR) is 125 cm³/mol. The van der Waals surface area contributed by atoms with E-state index in [0.29, 0.717) is 22.4 Å². The Balaban J connectivity index is 1.50. The number of hydrogen-bond acceptors (Lipinski definition) is 4. The standard InChI is InChI=1S/C24H18Cl2N4O2/c1-14-8-21(29-32-14)24(31)28-11-17-10-19-18-4-2-3-5-22(18)30(23(19)12-27-17)13-15-9-16(25)6-7-20(15)26/h2-10,12H,11,13H2,1H3,(H,28,31). The van der Waals surface area contributed by atoms with Gasteiger partial charge < -0.3 is 14.4 Å². The van der Waals surface area contributed by atoms with Crippen molar-refractivity contribution >= 4 is 50.9 Å². The van der Waals surface area contributed by atoms with E-state index < -0.39 is 0 Å². The number of aryl methyl sites for hydroxylation is 1. The molecule has 0 radical (unpaired) electrons. The van der Waals surface area contributed by atoms with Crippen LogP contribution in [0.3, 0.4) is 0 Å². The maximum atomic E-state index is 12.3. The van der Waals surface area contributed by atoms with Crippen LogP contribution in [0.4, 0.5) is 0 Å². The molecule has 0 aliphatic rings. The molecule has 0 spiro atoms. The maximum Gasteiger partial charge on any atom is 0.273 e. The van der Waals surface area contributed by atoms with Crippen LogP contribution >= 0.6 is 23.2 Å². The zero-order valence-corrected chi connectivity index (χ0v) is 18.6. The largest absolute Gasteiger partial charge is 0.361 e. The topological polar surface area (TPSA) is 73.0 Å². The minimum absolute atomic E-state index is 0.249. The van der Waals surface area contributed by atoms with Crippen LogP contribution in [0.2, 0.25) is 10.0 Å². The second kappa shape index (κ2) is 8.30. The average molecular weight is 465 g/mol. The van der Waals surface area contributed by atoms with E-state index in [9.17, 15) is 4.79 Å². The van der Waals surface area contributed by atoms with Crippen molar-refractivity contribution in [2.45, 2.75) is 20.0 Å². The van der Waals surface area contributed by atoms with Crippen molar-refractivity contribution in [3.8, 4) is 0 Å². The predicted octanol–water partition coefficient (Wildman–Crippen LogP) is 5.77. The van der Waals surface area contributed by atoms with Crippen LogP contribution in [0.25, 0.3) is 21.8 Å². The lowest BCUT2D eigenvalue weighted by molar-refractivity contribution is 0.0941. The fourth-order valence-corrected chi connectivity index (χ4v) is 4.20. The van der Waals surface area contributed by atoms with Gasteiger partial charge in [0.25, 0.3) is 5.91 Å². The van der Waals surface area contributed by atoms with Gasteiger partial charge in [-0.3, -0.25) is 9.78 Å². The van der Waals surface area contributed by atoms with Gasteiger partial charge in [-0.25, -0.2) is 0 Å². The first-order chi connectivity index (χ1) is 15.5. The van der Waals surface area contributed by atoms with Gasteiger partial charge in [-0.1, -0.05) is 46.6 Å². The third-order valence-electron chi connectivity index (χ3n) is 5.34. The molecule has 0 unspecified atom stereocenters. The molecule has 0 fully saturated rings. The average Bonchev–Trinajstić information content (AvgIpc) is 3.36. The highest BCUT2D eigenvalue weighted by Crippen LogP contribution is 2.31.